The van der Waals surface area contributed by atoms with Crippen molar-refractivity contribution in [3.8, 4) is 5.75 Å². The van der Waals surface area contributed by atoms with Gasteiger partial charge in [-0.05, 0) is 37.1 Å². The molecule has 1 heterocycles. The van der Waals surface area contributed by atoms with E-state index in [4.69, 9.17) is 9.73 Å². The minimum absolute atomic E-state index is 0.0111. The number of rotatable bonds is 7. The molecule has 162 valence electrons. The molecule has 1 N–H and O–H groups in total. The molecule has 7 nitrogen and oxygen atoms in total. The molecule has 2 aromatic rings. The maximum atomic E-state index is 12.9. The number of amides is 2. The summed E-state index contributed by atoms with van der Waals surface area (Å²) in [6.45, 7) is 5.72. The van der Waals surface area contributed by atoms with E-state index in [9.17, 15) is 14.4 Å². The lowest BCUT2D eigenvalue weighted by molar-refractivity contribution is -0.132. The predicted octanol–water partition coefficient (Wildman–Crippen LogP) is 4.15. The molecule has 0 aromatic heterocycles. The van der Waals surface area contributed by atoms with E-state index < -0.39 is 11.2 Å². The number of hydrogen-bond donors (Lipinski definition) is 1. The quantitative estimate of drug-likeness (QED) is 0.517. The first-order valence-electron chi connectivity index (χ1n) is 10.1. The SMILES string of the molecule is CCc1ccccc1N=C1SC(CC(=O)Nc2ccccc2OC(C)=O)C(=O)N1CC. The molecule has 0 radical (unpaired) electrons. The fourth-order valence-corrected chi connectivity index (χ4v) is 4.44. The number of thioether (sulfide) groups is 1. The van der Waals surface area contributed by atoms with Crippen LogP contribution in [0, 0.1) is 0 Å². The largest absolute Gasteiger partial charge is 0.424 e. The van der Waals surface area contributed by atoms with Crippen LogP contribution in [-0.2, 0) is 20.8 Å². The van der Waals surface area contributed by atoms with Gasteiger partial charge in [-0.1, -0.05) is 49.0 Å². The van der Waals surface area contributed by atoms with Crippen LogP contribution in [0.1, 0.15) is 32.8 Å². The molecule has 2 aromatic carbocycles. The van der Waals surface area contributed by atoms with E-state index in [1.807, 2.05) is 31.2 Å². The van der Waals surface area contributed by atoms with Crippen molar-refractivity contribution in [1.29, 1.82) is 0 Å². The Balaban J connectivity index is 1.74. The number of esters is 1. The van der Waals surface area contributed by atoms with Crippen LogP contribution in [0.2, 0.25) is 0 Å². The molecule has 1 aliphatic heterocycles. The van der Waals surface area contributed by atoms with Crippen molar-refractivity contribution in [1.82, 2.24) is 4.90 Å². The fourth-order valence-electron chi connectivity index (χ4n) is 3.22. The molecular formula is C23H25N3O4S. The zero-order valence-corrected chi connectivity index (χ0v) is 18.6. The van der Waals surface area contributed by atoms with Gasteiger partial charge >= 0.3 is 5.97 Å². The molecule has 0 spiro atoms. The topological polar surface area (TPSA) is 88.1 Å². The highest BCUT2D eigenvalue weighted by Gasteiger charge is 2.38. The standard InChI is InChI=1S/C23H25N3O4S/c1-4-16-10-6-7-11-17(16)25-23-26(5-2)22(29)20(31-23)14-21(28)24-18-12-8-9-13-19(18)30-15(3)27/h6-13,20H,4-5,14H2,1-3H3,(H,24,28). The van der Waals surface area contributed by atoms with Crippen LogP contribution in [0.5, 0.6) is 5.75 Å². The Labute approximate surface area is 185 Å². The zero-order valence-electron chi connectivity index (χ0n) is 17.8. The number of ether oxygens (including phenoxy) is 1. The normalized spacial score (nSPS) is 17.1. The molecule has 1 fully saturated rings. The third kappa shape index (κ3) is 5.52. The van der Waals surface area contributed by atoms with Gasteiger partial charge in [-0.3, -0.25) is 19.3 Å². The summed E-state index contributed by atoms with van der Waals surface area (Å²) >= 11 is 1.30. The minimum atomic E-state index is -0.562. The number of hydrogen-bond acceptors (Lipinski definition) is 6. The summed E-state index contributed by atoms with van der Waals surface area (Å²) in [5.41, 5.74) is 2.32. The number of aliphatic imine (C=N–C) groups is 1. The second kappa shape index (κ2) is 10.3. The summed E-state index contributed by atoms with van der Waals surface area (Å²) in [7, 11) is 0. The first-order chi connectivity index (χ1) is 14.9. The number of amidine groups is 1. The number of aryl methyl sites for hydroxylation is 1. The molecule has 3 rings (SSSR count). The molecule has 0 aliphatic carbocycles. The molecule has 1 atom stereocenters. The van der Waals surface area contributed by atoms with Crippen LogP contribution < -0.4 is 10.1 Å². The highest BCUT2D eigenvalue weighted by atomic mass is 32.2. The predicted molar refractivity (Wildman–Crippen MR) is 123 cm³/mol. The number of benzene rings is 2. The number of nitrogens with one attached hydrogen (secondary N) is 1. The van der Waals surface area contributed by atoms with E-state index in [-0.39, 0.29) is 24.0 Å². The Morgan fingerprint density at radius 3 is 2.55 bits per heavy atom. The number of para-hydroxylation sites is 3. The summed E-state index contributed by atoms with van der Waals surface area (Å²) in [4.78, 5) is 43.1. The molecule has 1 aliphatic rings. The third-order valence-corrected chi connectivity index (χ3v) is 5.89. The second-order valence-corrected chi connectivity index (χ2v) is 8.08. The highest BCUT2D eigenvalue weighted by molar-refractivity contribution is 8.15. The highest BCUT2D eigenvalue weighted by Crippen LogP contribution is 2.33. The van der Waals surface area contributed by atoms with E-state index in [0.29, 0.717) is 17.4 Å². The van der Waals surface area contributed by atoms with Gasteiger partial charge in [0.2, 0.25) is 11.8 Å². The van der Waals surface area contributed by atoms with Gasteiger partial charge in [0.25, 0.3) is 0 Å². The second-order valence-electron chi connectivity index (χ2n) is 6.91. The van der Waals surface area contributed by atoms with Crippen LogP contribution in [0.25, 0.3) is 0 Å². The maximum Gasteiger partial charge on any atom is 0.308 e. The van der Waals surface area contributed by atoms with Gasteiger partial charge in [-0.25, -0.2) is 4.99 Å². The average Bonchev–Trinajstić information content (AvgIpc) is 3.03. The summed E-state index contributed by atoms with van der Waals surface area (Å²) in [6.07, 6.45) is 0.827. The van der Waals surface area contributed by atoms with E-state index in [0.717, 1.165) is 17.7 Å². The van der Waals surface area contributed by atoms with Crippen molar-refractivity contribution in [3.63, 3.8) is 0 Å². The summed E-state index contributed by atoms with van der Waals surface area (Å²) in [5, 5.41) is 2.78. The summed E-state index contributed by atoms with van der Waals surface area (Å²) < 4.78 is 5.12. The van der Waals surface area contributed by atoms with Gasteiger partial charge in [0.15, 0.2) is 10.9 Å². The maximum absolute atomic E-state index is 12.9. The molecule has 1 unspecified atom stereocenters. The molecule has 31 heavy (non-hydrogen) atoms. The Morgan fingerprint density at radius 1 is 1.13 bits per heavy atom. The number of carbonyl (C=O) groups excluding carboxylic acids is 3. The Morgan fingerprint density at radius 2 is 1.84 bits per heavy atom. The van der Waals surface area contributed by atoms with E-state index >= 15 is 0 Å². The lowest BCUT2D eigenvalue weighted by Gasteiger charge is -2.14. The molecule has 1 saturated heterocycles. The third-order valence-electron chi connectivity index (χ3n) is 4.71. The van der Waals surface area contributed by atoms with Crippen LogP contribution in [0.15, 0.2) is 53.5 Å². The number of nitrogens with zero attached hydrogens (tertiary/aromatic N) is 2. The zero-order chi connectivity index (χ0) is 22.4. The Bertz CT molecular complexity index is 1020. The minimum Gasteiger partial charge on any atom is -0.424 e. The van der Waals surface area contributed by atoms with Gasteiger partial charge in [0.05, 0.1) is 11.4 Å². The molecule has 8 heteroatoms. The van der Waals surface area contributed by atoms with Crippen molar-refractivity contribution in [2.45, 2.75) is 38.9 Å². The van der Waals surface area contributed by atoms with E-state index in [2.05, 4.69) is 12.2 Å². The van der Waals surface area contributed by atoms with Crippen molar-refractivity contribution in [2.24, 2.45) is 4.99 Å². The monoisotopic (exact) mass is 439 g/mol. The van der Waals surface area contributed by atoms with Gasteiger partial charge < -0.3 is 10.1 Å². The molecule has 0 saturated carbocycles. The van der Waals surface area contributed by atoms with E-state index in [1.165, 1.54) is 18.7 Å². The number of carbonyl (C=O) groups is 3. The van der Waals surface area contributed by atoms with Gasteiger partial charge in [0.1, 0.15) is 5.25 Å². The van der Waals surface area contributed by atoms with Crippen molar-refractivity contribution in [3.05, 3.63) is 54.1 Å². The van der Waals surface area contributed by atoms with Crippen LogP contribution >= 0.6 is 11.8 Å². The number of anilines is 1. The van der Waals surface area contributed by atoms with Crippen molar-refractivity contribution >= 4 is 46.1 Å². The Hall–Kier alpha value is -3.13. The van der Waals surface area contributed by atoms with Crippen LogP contribution in [0.3, 0.4) is 0 Å². The smallest absolute Gasteiger partial charge is 0.308 e. The average molecular weight is 440 g/mol. The van der Waals surface area contributed by atoms with Crippen molar-refractivity contribution < 1.29 is 19.1 Å². The Kier molecular flexibility index (Phi) is 7.46. The fraction of sp³-hybridized carbons (Fsp3) is 0.304. The first kappa shape index (κ1) is 22.6. The first-order valence-corrected chi connectivity index (χ1v) is 11.0. The van der Waals surface area contributed by atoms with E-state index in [1.54, 1.807) is 29.2 Å². The lowest BCUT2D eigenvalue weighted by Crippen LogP contribution is -2.33. The molecular weight excluding hydrogens is 414 g/mol. The van der Waals surface area contributed by atoms with Gasteiger partial charge in [-0.2, -0.15) is 0 Å². The molecule has 0 bridgehead atoms. The van der Waals surface area contributed by atoms with Crippen LogP contribution in [0.4, 0.5) is 11.4 Å². The van der Waals surface area contributed by atoms with Gasteiger partial charge in [0, 0.05) is 19.9 Å². The van der Waals surface area contributed by atoms with Gasteiger partial charge in [-0.15, -0.1) is 0 Å². The van der Waals surface area contributed by atoms with Crippen LogP contribution in [-0.4, -0.2) is 39.6 Å². The lowest BCUT2D eigenvalue weighted by atomic mass is 10.1. The van der Waals surface area contributed by atoms with Crippen molar-refractivity contribution in [2.75, 3.05) is 11.9 Å². The molecule has 2 amide bonds. The summed E-state index contributed by atoms with van der Waals surface area (Å²) in [6, 6.07) is 14.5. The summed E-state index contributed by atoms with van der Waals surface area (Å²) in [5.74, 6) is -0.683.